The molecular weight excluding hydrogens is 376 g/mol. The highest BCUT2D eigenvalue weighted by molar-refractivity contribution is 5.85. The van der Waals surface area contributed by atoms with Crippen molar-refractivity contribution in [2.75, 3.05) is 66.1 Å². The predicted molar refractivity (Wildman–Crippen MR) is 108 cm³/mol. The third kappa shape index (κ3) is 8.33. The highest BCUT2D eigenvalue weighted by Gasteiger charge is 2.10. The highest BCUT2D eigenvalue weighted by Crippen LogP contribution is 2.19. The summed E-state index contributed by atoms with van der Waals surface area (Å²) in [7, 11) is 0. The van der Waals surface area contributed by atoms with Crippen LogP contribution in [-0.2, 0) is 35.2 Å². The van der Waals surface area contributed by atoms with Crippen molar-refractivity contribution in [1.82, 2.24) is 10.8 Å². The summed E-state index contributed by atoms with van der Waals surface area (Å²) in [6, 6.07) is 14.5. The molecule has 0 spiro atoms. The second kappa shape index (κ2) is 13.6. The van der Waals surface area contributed by atoms with Crippen molar-refractivity contribution < 1.29 is 28.6 Å². The van der Waals surface area contributed by atoms with E-state index in [9.17, 15) is 0 Å². The van der Waals surface area contributed by atoms with E-state index >= 15 is 0 Å². The third-order valence-corrected chi connectivity index (χ3v) is 4.28. The Morgan fingerprint density at radius 1 is 0.655 bits per heavy atom. The van der Waals surface area contributed by atoms with Crippen LogP contribution in [0.5, 0.6) is 0 Å². The molecule has 1 aliphatic rings. The Bertz CT molecular complexity index is 678. The van der Waals surface area contributed by atoms with Crippen molar-refractivity contribution in [3.63, 3.8) is 0 Å². The number of hydrogen-bond acceptors (Lipinski definition) is 8. The van der Waals surface area contributed by atoms with E-state index in [0.717, 1.165) is 5.56 Å². The van der Waals surface area contributed by atoms with Crippen molar-refractivity contribution in [1.29, 1.82) is 0 Å². The van der Waals surface area contributed by atoms with Gasteiger partial charge in [0.2, 0.25) is 0 Å². The Morgan fingerprint density at radius 3 is 1.97 bits per heavy atom. The maximum atomic E-state index is 5.81. The lowest BCUT2D eigenvalue weighted by Gasteiger charge is -2.23. The van der Waals surface area contributed by atoms with Gasteiger partial charge < -0.3 is 18.9 Å². The van der Waals surface area contributed by atoms with Gasteiger partial charge in [-0.05, 0) is 16.3 Å². The average Bonchev–Trinajstić information content (AvgIpc) is 2.75. The van der Waals surface area contributed by atoms with Gasteiger partial charge in [0.05, 0.1) is 72.6 Å². The summed E-state index contributed by atoms with van der Waals surface area (Å²) < 4.78 is 21.9. The molecule has 0 bridgehead atoms. The number of ether oxygens (including phenoxy) is 4. The van der Waals surface area contributed by atoms with Crippen LogP contribution in [0.1, 0.15) is 5.56 Å². The van der Waals surface area contributed by atoms with Gasteiger partial charge >= 0.3 is 0 Å². The molecule has 1 saturated heterocycles. The number of benzene rings is 2. The van der Waals surface area contributed by atoms with Crippen LogP contribution in [0.2, 0.25) is 0 Å². The van der Waals surface area contributed by atoms with Gasteiger partial charge in [-0.15, -0.1) is 5.59 Å². The van der Waals surface area contributed by atoms with E-state index in [1.807, 2.05) is 18.2 Å². The summed E-state index contributed by atoms with van der Waals surface area (Å²) in [5, 5.41) is 3.94. The Balaban J connectivity index is 1.54. The first-order chi connectivity index (χ1) is 14.4. The Labute approximate surface area is 171 Å². The molecule has 29 heavy (non-hydrogen) atoms. The fourth-order valence-corrected chi connectivity index (χ4v) is 2.88. The van der Waals surface area contributed by atoms with Crippen molar-refractivity contribution in [3.05, 3.63) is 48.0 Å². The SMILES string of the molecule is c1ccc2c(CN3NOCCOCCOCCOCCOCCO3)cccc2c1. The minimum absolute atomic E-state index is 0.384. The van der Waals surface area contributed by atoms with Crippen LogP contribution in [0.25, 0.3) is 10.8 Å². The first kappa shape index (κ1) is 22.1. The molecule has 8 heteroatoms. The second-order valence-corrected chi connectivity index (χ2v) is 6.40. The van der Waals surface area contributed by atoms with Crippen LogP contribution in [0, 0.1) is 0 Å². The van der Waals surface area contributed by atoms with E-state index in [1.165, 1.54) is 10.8 Å². The first-order valence-corrected chi connectivity index (χ1v) is 9.99. The summed E-state index contributed by atoms with van der Waals surface area (Å²) in [6.07, 6.45) is 0. The molecule has 0 atom stereocenters. The summed E-state index contributed by atoms with van der Waals surface area (Å²) in [5.41, 5.74) is 3.99. The molecule has 0 amide bonds. The molecule has 0 saturated carbocycles. The van der Waals surface area contributed by atoms with Gasteiger partial charge in [-0.3, -0.25) is 9.68 Å². The normalized spacial score (nSPS) is 20.1. The van der Waals surface area contributed by atoms with Gasteiger partial charge in [0.25, 0.3) is 0 Å². The maximum absolute atomic E-state index is 5.81. The molecule has 0 aliphatic carbocycles. The Kier molecular flexibility index (Phi) is 10.3. The minimum atomic E-state index is 0.384. The average molecular weight is 406 g/mol. The molecule has 1 fully saturated rings. The van der Waals surface area contributed by atoms with Crippen LogP contribution in [0.4, 0.5) is 0 Å². The standard InChI is InChI=1S/C21H30N2O6/c1-2-7-21-19(4-1)5-3-6-20(21)18-23-22-28-16-14-26-12-10-24-8-9-25-11-13-27-15-17-29-23/h1-7,22H,8-18H2. The summed E-state index contributed by atoms with van der Waals surface area (Å²) in [5.74, 6) is 0. The molecule has 1 N–H and O–H groups in total. The maximum Gasteiger partial charge on any atom is 0.0936 e. The molecular formula is C21H30N2O6. The Morgan fingerprint density at radius 2 is 1.24 bits per heavy atom. The monoisotopic (exact) mass is 406 g/mol. The predicted octanol–water partition coefficient (Wildman–Crippen LogP) is 2.09. The zero-order valence-electron chi connectivity index (χ0n) is 16.7. The molecule has 0 unspecified atom stereocenters. The van der Waals surface area contributed by atoms with E-state index in [2.05, 4.69) is 29.9 Å². The minimum Gasteiger partial charge on any atom is -0.377 e. The molecule has 0 aromatic heterocycles. The number of rotatable bonds is 2. The highest BCUT2D eigenvalue weighted by atomic mass is 16.8. The first-order valence-electron chi connectivity index (χ1n) is 9.99. The molecule has 160 valence electrons. The van der Waals surface area contributed by atoms with Crippen LogP contribution in [0.15, 0.2) is 42.5 Å². The van der Waals surface area contributed by atoms with E-state index in [4.69, 9.17) is 28.6 Å². The van der Waals surface area contributed by atoms with Gasteiger partial charge in [0.15, 0.2) is 0 Å². The summed E-state index contributed by atoms with van der Waals surface area (Å²) in [6.45, 7) is 5.38. The van der Waals surface area contributed by atoms with E-state index in [-0.39, 0.29) is 0 Å². The molecule has 0 radical (unpaired) electrons. The smallest absolute Gasteiger partial charge is 0.0936 e. The van der Waals surface area contributed by atoms with Crippen LogP contribution >= 0.6 is 0 Å². The zero-order chi connectivity index (χ0) is 20.0. The van der Waals surface area contributed by atoms with Crippen molar-refractivity contribution >= 4 is 10.8 Å². The van der Waals surface area contributed by atoms with Gasteiger partial charge in [-0.1, -0.05) is 47.6 Å². The van der Waals surface area contributed by atoms with Gasteiger partial charge in [-0.2, -0.15) is 0 Å². The fraction of sp³-hybridized carbons (Fsp3) is 0.524. The van der Waals surface area contributed by atoms with Crippen molar-refractivity contribution in [2.24, 2.45) is 0 Å². The van der Waals surface area contributed by atoms with E-state index in [1.54, 1.807) is 5.17 Å². The summed E-state index contributed by atoms with van der Waals surface area (Å²) in [4.78, 5) is 11.3. The molecule has 3 rings (SSSR count). The zero-order valence-corrected chi connectivity index (χ0v) is 16.7. The third-order valence-electron chi connectivity index (χ3n) is 4.28. The number of nitrogens with one attached hydrogen (secondary N) is 1. The van der Waals surface area contributed by atoms with Gasteiger partial charge in [0.1, 0.15) is 0 Å². The van der Waals surface area contributed by atoms with Crippen LogP contribution < -0.4 is 5.59 Å². The van der Waals surface area contributed by atoms with Crippen LogP contribution in [0.3, 0.4) is 0 Å². The lowest BCUT2D eigenvalue weighted by molar-refractivity contribution is -0.284. The molecule has 8 nitrogen and oxygen atoms in total. The topological polar surface area (TPSA) is 70.7 Å². The fourth-order valence-electron chi connectivity index (χ4n) is 2.88. The van der Waals surface area contributed by atoms with Crippen LogP contribution in [-0.4, -0.2) is 71.2 Å². The number of fused-ring (bicyclic) bond motifs is 1. The molecule has 2 aromatic carbocycles. The quantitative estimate of drug-likeness (QED) is 0.813. The number of hydroxylamine groups is 1. The van der Waals surface area contributed by atoms with Crippen molar-refractivity contribution in [3.8, 4) is 0 Å². The van der Waals surface area contributed by atoms with Crippen molar-refractivity contribution in [2.45, 2.75) is 6.54 Å². The van der Waals surface area contributed by atoms with Gasteiger partial charge in [0, 0.05) is 0 Å². The molecule has 1 aliphatic heterocycles. The number of nitrogens with zero attached hydrogens (tertiary/aromatic N) is 1. The van der Waals surface area contributed by atoms with E-state index < -0.39 is 0 Å². The lowest BCUT2D eigenvalue weighted by Crippen LogP contribution is -2.39. The Hall–Kier alpha value is -1.62. The largest absolute Gasteiger partial charge is 0.377 e. The number of hydrogen-bond donors (Lipinski definition) is 1. The van der Waals surface area contributed by atoms with E-state index in [0.29, 0.717) is 72.6 Å². The molecule has 2 aromatic rings. The lowest BCUT2D eigenvalue weighted by atomic mass is 10.0. The second-order valence-electron chi connectivity index (χ2n) is 6.40. The summed E-state index contributed by atoms with van der Waals surface area (Å²) >= 11 is 0. The van der Waals surface area contributed by atoms with Gasteiger partial charge in [-0.25, -0.2) is 0 Å². The number of hydrazine groups is 1. The molecule has 1 heterocycles.